The number of likely N-dealkylation sites (tertiary alicyclic amines) is 1. The van der Waals surface area contributed by atoms with Gasteiger partial charge in [-0.1, -0.05) is 11.6 Å². The lowest BCUT2D eigenvalue weighted by Crippen LogP contribution is -2.47. The first kappa shape index (κ1) is 17.5. The van der Waals surface area contributed by atoms with Crippen molar-refractivity contribution in [3.8, 4) is 0 Å². The molecule has 0 spiro atoms. The SMILES string of the molecule is CC(C)(C)OC(=O)N1CCC(NC(=O)c2ccc(Cl)nn2)CC1. The molecule has 2 amide bonds. The van der Waals surface area contributed by atoms with E-state index in [-0.39, 0.29) is 28.9 Å². The highest BCUT2D eigenvalue weighted by Crippen LogP contribution is 2.15. The highest BCUT2D eigenvalue weighted by atomic mass is 35.5. The molecule has 1 aliphatic rings. The van der Waals surface area contributed by atoms with Crippen LogP contribution in [-0.2, 0) is 4.74 Å². The Morgan fingerprint density at radius 3 is 2.43 bits per heavy atom. The number of amides is 2. The Bertz CT molecular complexity index is 563. The Kier molecular flexibility index (Phi) is 5.41. The van der Waals surface area contributed by atoms with Gasteiger partial charge in [-0.2, -0.15) is 0 Å². The van der Waals surface area contributed by atoms with Gasteiger partial charge in [-0.05, 0) is 45.7 Å². The summed E-state index contributed by atoms with van der Waals surface area (Å²) in [5.74, 6) is -0.287. The molecular weight excluding hydrogens is 320 g/mol. The van der Waals surface area contributed by atoms with E-state index in [0.29, 0.717) is 25.9 Å². The largest absolute Gasteiger partial charge is 0.444 e. The zero-order valence-electron chi connectivity index (χ0n) is 13.5. The van der Waals surface area contributed by atoms with Gasteiger partial charge in [0.15, 0.2) is 10.8 Å². The van der Waals surface area contributed by atoms with Crippen molar-refractivity contribution in [3.05, 3.63) is 23.0 Å². The van der Waals surface area contributed by atoms with Crippen molar-refractivity contribution in [1.29, 1.82) is 0 Å². The monoisotopic (exact) mass is 340 g/mol. The minimum Gasteiger partial charge on any atom is -0.444 e. The van der Waals surface area contributed by atoms with Crippen LogP contribution in [0, 0.1) is 0 Å². The fourth-order valence-electron chi connectivity index (χ4n) is 2.23. The zero-order chi connectivity index (χ0) is 17.0. The van der Waals surface area contributed by atoms with E-state index in [1.54, 1.807) is 4.90 Å². The van der Waals surface area contributed by atoms with Crippen LogP contribution < -0.4 is 5.32 Å². The van der Waals surface area contributed by atoms with Crippen LogP contribution in [-0.4, -0.2) is 51.8 Å². The predicted molar refractivity (Wildman–Crippen MR) is 85.3 cm³/mol. The van der Waals surface area contributed by atoms with Crippen LogP contribution in [0.25, 0.3) is 0 Å². The van der Waals surface area contributed by atoms with Crippen molar-refractivity contribution in [2.24, 2.45) is 0 Å². The molecule has 23 heavy (non-hydrogen) atoms. The van der Waals surface area contributed by atoms with Gasteiger partial charge in [0.2, 0.25) is 0 Å². The Balaban J connectivity index is 1.81. The summed E-state index contributed by atoms with van der Waals surface area (Å²) in [4.78, 5) is 25.7. The van der Waals surface area contributed by atoms with E-state index in [1.165, 1.54) is 12.1 Å². The van der Waals surface area contributed by atoms with Crippen molar-refractivity contribution >= 4 is 23.6 Å². The molecule has 0 radical (unpaired) electrons. The van der Waals surface area contributed by atoms with Crippen LogP contribution in [0.15, 0.2) is 12.1 Å². The number of carbonyl (C=O) groups excluding carboxylic acids is 2. The van der Waals surface area contributed by atoms with Crippen LogP contribution in [0.3, 0.4) is 0 Å². The number of piperidine rings is 1. The molecule has 0 unspecified atom stereocenters. The normalized spacial score (nSPS) is 16.1. The van der Waals surface area contributed by atoms with Crippen molar-refractivity contribution < 1.29 is 14.3 Å². The van der Waals surface area contributed by atoms with E-state index in [0.717, 1.165) is 0 Å². The maximum atomic E-state index is 12.1. The molecule has 0 saturated carbocycles. The Labute approximate surface area is 140 Å². The summed E-state index contributed by atoms with van der Waals surface area (Å²) in [5, 5.41) is 10.5. The van der Waals surface area contributed by atoms with Crippen molar-refractivity contribution in [3.63, 3.8) is 0 Å². The van der Waals surface area contributed by atoms with Crippen molar-refractivity contribution in [1.82, 2.24) is 20.4 Å². The van der Waals surface area contributed by atoms with Gasteiger partial charge < -0.3 is 15.0 Å². The summed E-state index contributed by atoms with van der Waals surface area (Å²) in [6, 6.07) is 3.05. The molecule has 7 nitrogen and oxygen atoms in total. The molecule has 0 atom stereocenters. The topological polar surface area (TPSA) is 84.4 Å². The van der Waals surface area contributed by atoms with Crippen LogP contribution in [0.2, 0.25) is 5.15 Å². The van der Waals surface area contributed by atoms with Crippen LogP contribution >= 0.6 is 11.6 Å². The first-order valence-electron chi connectivity index (χ1n) is 7.52. The number of hydrogen-bond acceptors (Lipinski definition) is 5. The molecule has 1 aromatic heterocycles. The van der Waals surface area contributed by atoms with Gasteiger partial charge in [-0.3, -0.25) is 4.79 Å². The van der Waals surface area contributed by atoms with Crippen LogP contribution in [0.5, 0.6) is 0 Å². The third kappa shape index (κ3) is 5.35. The van der Waals surface area contributed by atoms with E-state index in [9.17, 15) is 9.59 Å². The molecule has 0 aromatic carbocycles. The third-order valence-electron chi connectivity index (χ3n) is 3.35. The summed E-state index contributed by atoms with van der Waals surface area (Å²) in [5.41, 5.74) is -0.279. The highest BCUT2D eigenvalue weighted by Gasteiger charge is 2.27. The fourth-order valence-corrected chi connectivity index (χ4v) is 2.33. The number of rotatable bonds is 2. The average molecular weight is 341 g/mol. The van der Waals surface area contributed by atoms with Gasteiger partial charge in [-0.25, -0.2) is 4.79 Å². The van der Waals surface area contributed by atoms with E-state index in [1.807, 2.05) is 20.8 Å². The molecule has 2 heterocycles. The molecule has 1 N–H and O–H groups in total. The number of aromatic nitrogens is 2. The number of nitrogens with one attached hydrogen (secondary N) is 1. The van der Waals surface area contributed by atoms with Crippen molar-refractivity contribution in [2.75, 3.05) is 13.1 Å². The van der Waals surface area contributed by atoms with Gasteiger partial charge in [0.1, 0.15) is 5.60 Å². The molecule has 1 saturated heterocycles. The molecule has 2 rings (SSSR count). The standard InChI is InChI=1S/C15H21ClN4O3/c1-15(2,3)23-14(22)20-8-6-10(7-9-20)17-13(21)11-4-5-12(16)19-18-11/h4-5,10H,6-9H2,1-3H3,(H,17,21). The third-order valence-corrected chi connectivity index (χ3v) is 3.55. The minimum absolute atomic E-state index is 0.00124. The highest BCUT2D eigenvalue weighted by molar-refractivity contribution is 6.29. The van der Waals surface area contributed by atoms with Gasteiger partial charge in [0, 0.05) is 19.1 Å². The average Bonchev–Trinajstić information content (AvgIpc) is 2.46. The van der Waals surface area contributed by atoms with Crippen molar-refractivity contribution in [2.45, 2.75) is 45.3 Å². The lowest BCUT2D eigenvalue weighted by atomic mass is 10.1. The van der Waals surface area contributed by atoms with E-state index in [2.05, 4.69) is 15.5 Å². The summed E-state index contributed by atoms with van der Waals surface area (Å²) in [6.07, 6.45) is 1.03. The molecular formula is C15H21ClN4O3. The maximum Gasteiger partial charge on any atom is 0.410 e. The van der Waals surface area contributed by atoms with Gasteiger partial charge in [-0.15, -0.1) is 10.2 Å². The lowest BCUT2D eigenvalue weighted by molar-refractivity contribution is 0.0199. The van der Waals surface area contributed by atoms with E-state index >= 15 is 0 Å². The minimum atomic E-state index is -0.505. The molecule has 1 fully saturated rings. The molecule has 0 aliphatic carbocycles. The quantitative estimate of drug-likeness (QED) is 0.892. The molecule has 8 heteroatoms. The number of halogens is 1. The van der Waals surface area contributed by atoms with Gasteiger partial charge in [0.25, 0.3) is 5.91 Å². The predicted octanol–water partition coefficient (Wildman–Crippen LogP) is 2.26. The zero-order valence-corrected chi connectivity index (χ0v) is 14.3. The van der Waals surface area contributed by atoms with Gasteiger partial charge in [0.05, 0.1) is 0 Å². The molecule has 1 aliphatic heterocycles. The second-order valence-corrected chi connectivity index (χ2v) is 6.84. The summed E-state index contributed by atoms with van der Waals surface area (Å²) in [7, 11) is 0. The second kappa shape index (κ2) is 7.12. The Morgan fingerprint density at radius 1 is 1.26 bits per heavy atom. The summed E-state index contributed by atoms with van der Waals surface area (Å²) >= 11 is 5.65. The first-order chi connectivity index (χ1) is 10.7. The molecule has 126 valence electrons. The van der Waals surface area contributed by atoms with Crippen LogP contribution in [0.1, 0.15) is 44.1 Å². The first-order valence-corrected chi connectivity index (χ1v) is 7.90. The number of hydrogen-bond donors (Lipinski definition) is 1. The summed E-state index contributed by atoms with van der Waals surface area (Å²) in [6.45, 7) is 6.61. The number of carbonyl (C=O) groups is 2. The second-order valence-electron chi connectivity index (χ2n) is 6.46. The van der Waals surface area contributed by atoms with Gasteiger partial charge >= 0.3 is 6.09 Å². The van der Waals surface area contributed by atoms with Crippen LogP contribution in [0.4, 0.5) is 4.79 Å². The number of nitrogens with zero attached hydrogens (tertiary/aromatic N) is 3. The smallest absolute Gasteiger partial charge is 0.410 e. The lowest BCUT2D eigenvalue weighted by Gasteiger charge is -2.33. The Hall–Kier alpha value is -1.89. The molecule has 1 aromatic rings. The molecule has 0 bridgehead atoms. The summed E-state index contributed by atoms with van der Waals surface area (Å²) < 4.78 is 5.34. The van der Waals surface area contributed by atoms with E-state index in [4.69, 9.17) is 16.3 Å². The number of ether oxygens (including phenoxy) is 1. The fraction of sp³-hybridized carbons (Fsp3) is 0.600. The maximum absolute atomic E-state index is 12.1. The Morgan fingerprint density at radius 2 is 1.91 bits per heavy atom. The van der Waals surface area contributed by atoms with E-state index < -0.39 is 5.60 Å².